The average molecular weight is 294 g/mol. The normalized spacial score (nSPS) is 24.8. The highest BCUT2D eigenvalue weighted by Crippen LogP contribution is 2.30. The molecule has 2 aliphatic carbocycles. The van der Waals surface area contributed by atoms with E-state index in [2.05, 4.69) is 11.8 Å². The van der Waals surface area contributed by atoms with Crippen LogP contribution >= 0.6 is 24.0 Å². The van der Waals surface area contributed by atoms with Crippen molar-refractivity contribution in [2.45, 2.75) is 88.6 Å². The molecule has 2 rings (SSSR count). The number of nitrogens with zero attached hydrogens (tertiary/aromatic N) is 1. The molecule has 0 amide bonds. The molecule has 18 heavy (non-hydrogen) atoms. The van der Waals surface area contributed by atoms with Gasteiger partial charge in [0.15, 0.2) is 0 Å². The zero-order valence-corrected chi connectivity index (χ0v) is 13.3. The molecule has 108 valence electrons. The lowest BCUT2D eigenvalue weighted by Crippen LogP contribution is -2.47. The molecule has 0 aromatic rings. The maximum absolute atomic E-state index is 6.27. The zero-order valence-electron chi connectivity index (χ0n) is 11.7. The number of alkyl halides is 1. The Morgan fingerprint density at radius 3 is 1.61 bits per heavy atom. The standard InChI is InChI=1S/C15H28ClN.ClH/c1-13(16)12-17(14-8-4-2-5-9-14)15-10-6-3-7-11-15;/h13-15H,2-12H2,1H3;1H. The first kappa shape index (κ1) is 16.6. The average Bonchev–Trinajstić information content (AvgIpc) is 2.38. The van der Waals surface area contributed by atoms with Crippen LogP contribution in [-0.2, 0) is 0 Å². The van der Waals surface area contributed by atoms with E-state index in [-0.39, 0.29) is 12.4 Å². The van der Waals surface area contributed by atoms with E-state index in [1.54, 1.807) is 0 Å². The van der Waals surface area contributed by atoms with Crippen molar-refractivity contribution in [3.05, 3.63) is 0 Å². The van der Waals surface area contributed by atoms with Gasteiger partial charge in [0.2, 0.25) is 0 Å². The molecule has 2 saturated carbocycles. The predicted molar refractivity (Wildman–Crippen MR) is 83.0 cm³/mol. The van der Waals surface area contributed by atoms with Crippen LogP contribution in [0.1, 0.15) is 71.1 Å². The van der Waals surface area contributed by atoms with Crippen molar-refractivity contribution in [2.75, 3.05) is 6.54 Å². The van der Waals surface area contributed by atoms with Crippen LogP contribution in [0.4, 0.5) is 0 Å². The van der Waals surface area contributed by atoms with Crippen molar-refractivity contribution in [1.82, 2.24) is 4.90 Å². The third-order valence-corrected chi connectivity index (χ3v) is 4.69. The Morgan fingerprint density at radius 1 is 0.889 bits per heavy atom. The first-order valence-corrected chi connectivity index (χ1v) is 8.11. The van der Waals surface area contributed by atoms with Crippen LogP contribution < -0.4 is 0 Å². The Hall–Kier alpha value is 0.540. The first-order chi connectivity index (χ1) is 8.27. The van der Waals surface area contributed by atoms with Crippen LogP contribution in [0.15, 0.2) is 0 Å². The molecular formula is C15H29Cl2N. The fraction of sp³-hybridized carbons (Fsp3) is 1.00. The van der Waals surface area contributed by atoms with Gasteiger partial charge in [-0.1, -0.05) is 38.5 Å². The van der Waals surface area contributed by atoms with Gasteiger partial charge in [-0.05, 0) is 32.6 Å². The Morgan fingerprint density at radius 2 is 1.28 bits per heavy atom. The largest absolute Gasteiger partial charge is 0.296 e. The number of hydrogen-bond donors (Lipinski definition) is 0. The van der Waals surface area contributed by atoms with Gasteiger partial charge in [0, 0.05) is 24.0 Å². The molecule has 1 nitrogen and oxygen atoms in total. The van der Waals surface area contributed by atoms with E-state index >= 15 is 0 Å². The second-order valence-corrected chi connectivity index (χ2v) is 6.81. The van der Waals surface area contributed by atoms with Crippen molar-refractivity contribution in [3.63, 3.8) is 0 Å². The van der Waals surface area contributed by atoms with E-state index in [9.17, 15) is 0 Å². The van der Waals surface area contributed by atoms with Crippen molar-refractivity contribution < 1.29 is 0 Å². The number of hydrogen-bond acceptors (Lipinski definition) is 1. The summed E-state index contributed by atoms with van der Waals surface area (Å²) in [5.74, 6) is 0. The first-order valence-electron chi connectivity index (χ1n) is 7.67. The Kier molecular flexibility index (Phi) is 7.98. The van der Waals surface area contributed by atoms with E-state index in [1.165, 1.54) is 64.2 Å². The highest BCUT2D eigenvalue weighted by molar-refractivity contribution is 6.20. The SMILES string of the molecule is CC(Cl)CN(C1CCCCC1)C1CCCCC1.Cl. The summed E-state index contributed by atoms with van der Waals surface area (Å²) in [5, 5.41) is 0.304. The molecule has 0 aromatic heterocycles. The quantitative estimate of drug-likeness (QED) is 0.659. The summed E-state index contributed by atoms with van der Waals surface area (Å²) in [6.07, 6.45) is 14.3. The van der Waals surface area contributed by atoms with Crippen LogP contribution in [0.2, 0.25) is 0 Å². The second-order valence-electron chi connectivity index (χ2n) is 6.06. The molecule has 0 N–H and O–H groups in total. The Balaban J connectivity index is 0.00000162. The minimum absolute atomic E-state index is 0. The molecule has 0 spiro atoms. The van der Waals surface area contributed by atoms with Gasteiger partial charge in [0.25, 0.3) is 0 Å². The summed E-state index contributed by atoms with van der Waals surface area (Å²) in [7, 11) is 0. The fourth-order valence-electron chi connectivity index (χ4n) is 3.71. The molecule has 0 bridgehead atoms. The molecule has 0 heterocycles. The second kappa shape index (κ2) is 8.66. The lowest BCUT2D eigenvalue weighted by Gasteiger charge is -2.42. The maximum atomic E-state index is 6.27. The third kappa shape index (κ3) is 4.90. The number of rotatable bonds is 4. The van der Waals surface area contributed by atoms with Gasteiger partial charge in [0.1, 0.15) is 0 Å². The van der Waals surface area contributed by atoms with E-state index in [1.807, 2.05) is 0 Å². The van der Waals surface area contributed by atoms with E-state index in [4.69, 9.17) is 11.6 Å². The summed E-state index contributed by atoms with van der Waals surface area (Å²) >= 11 is 6.27. The van der Waals surface area contributed by atoms with Gasteiger partial charge in [-0.2, -0.15) is 0 Å². The minimum atomic E-state index is 0. The lowest BCUT2D eigenvalue weighted by atomic mass is 9.88. The molecule has 0 saturated heterocycles. The van der Waals surface area contributed by atoms with Crippen molar-refractivity contribution in [2.24, 2.45) is 0 Å². The molecule has 1 atom stereocenters. The van der Waals surface area contributed by atoms with Crippen LogP contribution in [0.25, 0.3) is 0 Å². The monoisotopic (exact) mass is 293 g/mol. The summed E-state index contributed by atoms with van der Waals surface area (Å²) in [6.45, 7) is 3.26. The molecular weight excluding hydrogens is 265 g/mol. The van der Waals surface area contributed by atoms with Crippen LogP contribution in [0.3, 0.4) is 0 Å². The molecule has 0 aliphatic heterocycles. The summed E-state index contributed by atoms with van der Waals surface area (Å²) in [4.78, 5) is 2.79. The maximum Gasteiger partial charge on any atom is 0.0435 e. The van der Waals surface area contributed by atoms with Gasteiger partial charge in [-0.3, -0.25) is 4.90 Å². The zero-order chi connectivity index (χ0) is 12.1. The van der Waals surface area contributed by atoms with Crippen molar-refractivity contribution in [3.8, 4) is 0 Å². The minimum Gasteiger partial charge on any atom is -0.296 e. The molecule has 0 radical (unpaired) electrons. The van der Waals surface area contributed by atoms with Gasteiger partial charge in [-0.15, -0.1) is 24.0 Å². The van der Waals surface area contributed by atoms with Crippen LogP contribution in [0, 0.1) is 0 Å². The number of halogens is 2. The van der Waals surface area contributed by atoms with E-state index in [0.717, 1.165) is 18.6 Å². The Bertz CT molecular complexity index is 191. The summed E-state index contributed by atoms with van der Waals surface area (Å²) in [5.41, 5.74) is 0. The summed E-state index contributed by atoms with van der Waals surface area (Å²) in [6, 6.07) is 1.68. The van der Waals surface area contributed by atoms with E-state index < -0.39 is 0 Å². The topological polar surface area (TPSA) is 3.24 Å². The summed E-state index contributed by atoms with van der Waals surface area (Å²) < 4.78 is 0. The van der Waals surface area contributed by atoms with Crippen molar-refractivity contribution >= 4 is 24.0 Å². The lowest BCUT2D eigenvalue weighted by molar-refractivity contribution is 0.0819. The molecule has 2 fully saturated rings. The molecule has 1 unspecified atom stereocenters. The highest BCUT2D eigenvalue weighted by atomic mass is 35.5. The highest BCUT2D eigenvalue weighted by Gasteiger charge is 2.29. The predicted octanol–water partition coefficient (Wildman–Crippen LogP) is 5.00. The third-order valence-electron chi connectivity index (χ3n) is 4.55. The van der Waals surface area contributed by atoms with Crippen LogP contribution in [-0.4, -0.2) is 28.9 Å². The smallest absolute Gasteiger partial charge is 0.0435 e. The van der Waals surface area contributed by atoms with Gasteiger partial charge >= 0.3 is 0 Å². The van der Waals surface area contributed by atoms with Gasteiger partial charge in [0.05, 0.1) is 0 Å². The molecule has 0 aromatic carbocycles. The molecule has 2 aliphatic rings. The fourth-order valence-corrected chi connectivity index (χ4v) is 3.87. The van der Waals surface area contributed by atoms with Crippen molar-refractivity contribution in [1.29, 1.82) is 0 Å². The molecule has 3 heteroatoms. The Labute approximate surface area is 124 Å². The van der Waals surface area contributed by atoms with Gasteiger partial charge in [-0.25, -0.2) is 0 Å². The van der Waals surface area contributed by atoms with E-state index in [0.29, 0.717) is 5.38 Å². The van der Waals surface area contributed by atoms with Crippen LogP contribution in [0.5, 0.6) is 0 Å². The van der Waals surface area contributed by atoms with Gasteiger partial charge < -0.3 is 0 Å².